The Balaban J connectivity index is 2.00. The lowest BCUT2D eigenvalue weighted by Crippen LogP contribution is -2.33. The second-order valence-corrected chi connectivity index (χ2v) is 5.59. The molecular weight excluding hydrogens is 285 g/mol. The second kappa shape index (κ2) is 5.17. The van der Waals surface area contributed by atoms with Crippen molar-refractivity contribution in [1.29, 1.82) is 0 Å². The first-order valence-corrected chi connectivity index (χ1v) is 6.61. The smallest absolute Gasteiger partial charge is 0.254 e. The highest BCUT2D eigenvalue weighted by Crippen LogP contribution is 2.33. The van der Waals surface area contributed by atoms with Crippen molar-refractivity contribution in [1.82, 2.24) is 5.32 Å². The SMILES string of the molecule is CC(CC1CC1)NC(=O)c1cc(Br)ccc1F. The molecule has 1 aromatic carbocycles. The van der Waals surface area contributed by atoms with E-state index >= 15 is 0 Å². The van der Waals surface area contributed by atoms with Gasteiger partial charge in [-0.3, -0.25) is 4.79 Å². The summed E-state index contributed by atoms with van der Waals surface area (Å²) < 4.78 is 14.2. The van der Waals surface area contributed by atoms with Crippen molar-refractivity contribution in [2.24, 2.45) is 5.92 Å². The van der Waals surface area contributed by atoms with Gasteiger partial charge in [0.1, 0.15) is 5.82 Å². The Labute approximate surface area is 109 Å². The Bertz CT molecular complexity index is 431. The molecule has 1 unspecified atom stereocenters. The zero-order valence-corrected chi connectivity index (χ0v) is 11.3. The summed E-state index contributed by atoms with van der Waals surface area (Å²) in [6, 6.07) is 4.49. The van der Waals surface area contributed by atoms with Crippen molar-refractivity contribution in [3.8, 4) is 0 Å². The monoisotopic (exact) mass is 299 g/mol. The Kier molecular flexibility index (Phi) is 3.82. The van der Waals surface area contributed by atoms with Gasteiger partial charge in [0, 0.05) is 10.5 Å². The van der Waals surface area contributed by atoms with Gasteiger partial charge in [-0.1, -0.05) is 28.8 Å². The van der Waals surface area contributed by atoms with Crippen molar-refractivity contribution < 1.29 is 9.18 Å². The number of rotatable bonds is 4. The predicted molar refractivity (Wildman–Crippen MR) is 68.4 cm³/mol. The molecule has 1 aromatic rings. The lowest BCUT2D eigenvalue weighted by Gasteiger charge is -2.13. The molecular formula is C13H15BrFNO. The van der Waals surface area contributed by atoms with E-state index < -0.39 is 5.82 Å². The highest BCUT2D eigenvalue weighted by molar-refractivity contribution is 9.10. The highest BCUT2D eigenvalue weighted by Gasteiger charge is 2.24. The number of nitrogens with one attached hydrogen (secondary N) is 1. The molecule has 92 valence electrons. The number of amides is 1. The third-order valence-electron chi connectivity index (χ3n) is 2.93. The van der Waals surface area contributed by atoms with Gasteiger partial charge in [0.2, 0.25) is 0 Å². The minimum atomic E-state index is -0.482. The molecule has 0 radical (unpaired) electrons. The molecule has 1 N–H and O–H groups in total. The maximum Gasteiger partial charge on any atom is 0.254 e. The molecule has 0 saturated heterocycles. The molecule has 17 heavy (non-hydrogen) atoms. The molecule has 1 amide bonds. The zero-order valence-electron chi connectivity index (χ0n) is 9.67. The van der Waals surface area contributed by atoms with Crippen LogP contribution in [0, 0.1) is 11.7 Å². The molecule has 0 aromatic heterocycles. The van der Waals surface area contributed by atoms with Crippen LogP contribution in [0.5, 0.6) is 0 Å². The fourth-order valence-electron chi connectivity index (χ4n) is 1.89. The highest BCUT2D eigenvalue weighted by atomic mass is 79.9. The largest absolute Gasteiger partial charge is 0.349 e. The summed E-state index contributed by atoms with van der Waals surface area (Å²) in [6.45, 7) is 1.96. The van der Waals surface area contributed by atoms with E-state index in [0.717, 1.165) is 12.3 Å². The average Bonchev–Trinajstić information content (AvgIpc) is 3.05. The standard InChI is InChI=1S/C13H15BrFNO/c1-8(6-9-2-3-9)16-13(17)11-7-10(14)4-5-12(11)15/h4-5,7-9H,2-3,6H2,1H3,(H,16,17). The molecule has 1 aliphatic rings. The maximum atomic E-state index is 13.5. The van der Waals surface area contributed by atoms with Crippen LogP contribution < -0.4 is 5.32 Å². The lowest BCUT2D eigenvalue weighted by atomic mass is 10.1. The third kappa shape index (κ3) is 3.53. The van der Waals surface area contributed by atoms with Crippen molar-refractivity contribution in [3.63, 3.8) is 0 Å². The number of carbonyl (C=O) groups is 1. The zero-order chi connectivity index (χ0) is 12.4. The predicted octanol–water partition coefficient (Wildman–Crippen LogP) is 3.51. The summed E-state index contributed by atoms with van der Waals surface area (Å²) in [5.74, 6) is -0.0704. The lowest BCUT2D eigenvalue weighted by molar-refractivity contribution is 0.0933. The van der Waals surface area contributed by atoms with Crippen LogP contribution in [0.25, 0.3) is 0 Å². The van der Waals surface area contributed by atoms with Gasteiger partial charge in [-0.2, -0.15) is 0 Å². The van der Waals surface area contributed by atoms with Gasteiger partial charge in [0.15, 0.2) is 0 Å². The third-order valence-corrected chi connectivity index (χ3v) is 3.43. The fraction of sp³-hybridized carbons (Fsp3) is 0.462. The van der Waals surface area contributed by atoms with Crippen LogP contribution in [0.15, 0.2) is 22.7 Å². The van der Waals surface area contributed by atoms with Crippen molar-refractivity contribution in [3.05, 3.63) is 34.1 Å². The van der Waals surface area contributed by atoms with Gasteiger partial charge in [-0.25, -0.2) is 4.39 Å². The first-order chi connectivity index (χ1) is 8.06. The average molecular weight is 300 g/mol. The van der Waals surface area contributed by atoms with Gasteiger partial charge in [0.05, 0.1) is 5.56 Å². The Morgan fingerprint density at radius 3 is 2.94 bits per heavy atom. The van der Waals surface area contributed by atoms with Crippen LogP contribution >= 0.6 is 15.9 Å². The van der Waals surface area contributed by atoms with E-state index in [4.69, 9.17) is 0 Å². The molecule has 0 spiro atoms. The van der Waals surface area contributed by atoms with Gasteiger partial charge >= 0.3 is 0 Å². The molecule has 0 heterocycles. The summed E-state index contributed by atoms with van der Waals surface area (Å²) in [6.07, 6.45) is 3.50. The molecule has 1 saturated carbocycles. The number of benzene rings is 1. The quantitative estimate of drug-likeness (QED) is 0.906. The number of halogens is 2. The van der Waals surface area contributed by atoms with E-state index in [2.05, 4.69) is 21.2 Å². The molecule has 4 heteroatoms. The summed E-state index contributed by atoms with van der Waals surface area (Å²) in [5.41, 5.74) is 0.0991. The van der Waals surface area contributed by atoms with Crippen LogP contribution in [0.4, 0.5) is 4.39 Å². The van der Waals surface area contributed by atoms with Crippen LogP contribution in [0.3, 0.4) is 0 Å². The Morgan fingerprint density at radius 1 is 1.59 bits per heavy atom. The van der Waals surface area contributed by atoms with Crippen LogP contribution in [-0.2, 0) is 0 Å². The number of hydrogen-bond donors (Lipinski definition) is 1. The topological polar surface area (TPSA) is 29.1 Å². The Hall–Kier alpha value is -0.900. The van der Waals surface area contributed by atoms with E-state index in [0.29, 0.717) is 4.47 Å². The molecule has 0 aliphatic heterocycles. The van der Waals surface area contributed by atoms with E-state index in [9.17, 15) is 9.18 Å². The number of hydrogen-bond acceptors (Lipinski definition) is 1. The van der Waals surface area contributed by atoms with E-state index in [1.54, 1.807) is 6.07 Å². The van der Waals surface area contributed by atoms with Crippen molar-refractivity contribution in [2.75, 3.05) is 0 Å². The second-order valence-electron chi connectivity index (χ2n) is 4.68. The number of carbonyl (C=O) groups excluding carboxylic acids is 1. The summed E-state index contributed by atoms with van der Waals surface area (Å²) in [5, 5.41) is 2.84. The molecule has 2 nitrogen and oxygen atoms in total. The molecule has 1 fully saturated rings. The minimum absolute atomic E-state index is 0.0991. The fourth-order valence-corrected chi connectivity index (χ4v) is 2.25. The van der Waals surface area contributed by atoms with Gasteiger partial charge in [0.25, 0.3) is 5.91 Å². The first-order valence-electron chi connectivity index (χ1n) is 5.82. The van der Waals surface area contributed by atoms with Gasteiger partial charge in [-0.15, -0.1) is 0 Å². The molecule has 2 rings (SSSR count). The minimum Gasteiger partial charge on any atom is -0.349 e. The van der Waals surface area contributed by atoms with E-state index in [1.807, 2.05) is 6.92 Å². The van der Waals surface area contributed by atoms with Gasteiger partial charge < -0.3 is 5.32 Å². The normalized spacial score (nSPS) is 16.6. The van der Waals surface area contributed by atoms with Gasteiger partial charge in [-0.05, 0) is 37.5 Å². The van der Waals surface area contributed by atoms with Crippen LogP contribution in [0.1, 0.15) is 36.5 Å². The first kappa shape index (κ1) is 12.6. The maximum absolute atomic E-state index is 13.5. The Morgan fingerprint density at radius 2 is 2.29 bits per heavy atom. The summed E-state index contributed by atoms with van der Waals surface area (Å²) in [7, 11) is 0. The van der Waals surface area contributed by atoms with E-state index in [1.165, 1.54) is 25.0 Å². The van der Waals surface area contributed by atoms with Crippen LogP contribution in [-0.4, -0.2) is 11.9 Å². The summed E-state index contributed by atoms with van der Waals surface area (Å²) in [4.78, 5) is 11.9. The van der Waals surface area contributed by atoms with Crippen molar-refractivity contribution >= 4 is 21.8 Å². The molecule has 1 atom stereocenters. The molecule has 0 bridgehead atoms. The van der Waals surface area contributed by atoms with Crippen LogP contribution in [0.2, 0.25) is 0 Å². The molecule has 1 aliphatic carbocycles. The van der Waals surface area contributed by atoms with E-state index in [-0.39, 0.29) is 17.5 Å². The van der Waals surface area contributed by atoms with Crippen molar-refractivity contribution in [2.45, 2.75) is 32.2 Å². The summed E-state index contributed by atoms with van der Waals surface area (Å²) >= 11 is 3.23.